The lowest BCUT2D eigenvalue weighted by Crippen LogP contribution is -2.12. The Kier molecular flexibility index (Phi) is 7.53. The molecule has 0 radical (unpaired) electrons. The van der Waals surface area contributed by atoms with Gasteiger partial charge >= 0.3 is 0 Å². The van der Waals surface area contributed by atoms with Crippen LogP contribution in [0.5, 0.6) is 17.2 Å². The molecule has 1 atom stereocenters. The predicted molar refractivity (Wildman–Crippen MR) is 87.6 cm³/mol. The normalized spacial score (nSPS) is 11.8. The number of benzene rings is 2. The van der Waals surface area contributed by atoms with Crippen molar-refractivity contribution in [3.8, 4) is 17.2 Å². The minimum atomic E-state index is -3.67. The van der Waals surface area contributed by atoms with E-state index in [9.17, 15) is 8.42 Å². The van der Waals surface area contributed by atoms with Gasteiger partial charge in [-0.25, -0.2) is 0 Å². The van der Waals surface area contributed by atoms with Crippen LogP contribution in [0.25, 0.3) is 0 Å². The van der Waals surface area contributed by atoms with Crippen molar-refractivity contribution in [2.45, 2.75) is 13.0 Å². The van der Waals surface area contributed by atoms with Crippen molar-refractivity contribution in [3.05, 3.63) is 54.6 Å². The fraction of sp³-hybridized carbons (Fsp3) is 0.250. The van der Waals surface area contributed by atoms with Gasteiger partial charge in [0.15, 0.2) is 0 Å². The summed E-state index contributed by atoms with van der Waals surface area (Å²) in [5, 5.41) is 9.11. The molecule has 7 heteroatoms. The van der Waals surface area contributed by atoms with Crippen LogP contribution in [0, 0.1) is 0 Å². The van der Waals surface area contributed by atoms with Gasteiger partial charge in [0.1, 0.15) is 23.9 Å². The Morgan fingerprint density at radius 1 is 0.957 bits per heavy atom. The maximum absolute atomic E-state index is 9.19. The van der Waals surface area contributed by atoms with E-state index in [2.05, 4.69) is 0 Å². The van der Waals surface area contributed by atoms with Gasteiger partial charge in [0, 0.05) is 0 Å². The van der Waals surface area contributed by atoms with Crippen LogP contribution in [-0.2, 0) is 10.1 Å². The largest absolute Gasteiger partial charge is 0.491 e. The summed E-state index contributed by atoms with van der Waals surface area (Å²) in [7, 11) is -3.67. The van der Waals surface area contributed by atoms with Gasteiger partial charge in [0.2, 0.25) is 0 Å². The minimum Gasteiger partial charge on any atom is -0.491 e. The van der Waals surface area contributed by atoms with Crippen molar-refractivity contribution in [2.24, 2.45) is 0 Å². The van der Waals surface area contributed by atoms with Crippen molar-refractivity contribution >= 4 is 10.1 Å². The molecule has 23 heavy (non-hydrogen) atoms. The van der Waals surface area contributed by atoms with E-state index >= 15 is 0 Å². The molecule has 2 aromatic carbocycles. The van der Waals surface area contributed by atoms with Crippen molar-refractivity contribution in [2.75, 3.05) is 12.9 Å². The van der Waals surface area contributed by atoms with E-state index < -0.39 is 16.2 Å². The summed E-state index contributed by atoms with van der Waals surface area (Å²) in [5.74, 6) is 2.28. The van der Waals surface area contributed by atoms with Crippen molar-refractivity contribution < 1.29 is 27.6 Å². The average molecular weight is 340 g/mol. The summed E-state index contributed by atoms with van der Waals surface area (Å²) in [5.41, 5.74) is 0. The third-order valence-corrected chi connectivity index (χ3v) is 2.29. The predicted octanol–water partition coefficient (Wildman–Crippen LogP) is 2.74. The van der Waals surface area contributed by atoms with E-state index in [1.807, 2.05) is 54.6 Å². The van der Waals surface area contributed by atoms with Crippen LogP contribution in [0.4, 0.5) is 0 Å². The van der Waals surface area contributed by atoms with Crippen LogP contribution in [-0.4, -0.2) is 37.0 Å². The number of para-hydroxylation sites is 1. The third kappa shape index (κ3) is 10.3. The SMILES string of the molecule is CC(O)COc1ccc(Oc2ccccc2)cc1.CS(=O)(=O)O. The van der Waals surface area contributed by atoms with E-state index in [-0.39, 0.29) is 0 Å². The topological polar surface area (TPSA) is 93.1 Å². The highest BCUT2D eigenvalue weighted by Crippen LogP contribution is 2.23. The average Bonchev–Trinajstić information content (AvgIpc) is 2.46. The molecule has 0 bridgehead atoms. The Balaban J connectivity index is 0.000000463. The van der Waals surface area contributed by atoms with Gasteiger partial charge in [-0.05, 0) is 43.3 Å². The van der Waals surface area contributed by atoms with Crippen LogP contribution >= 0.6 is 0 Å². The summed E-state index contributed by atoms with van der Waals surface area (Å²) in [6.45, 7) is 1.98. The first-order chi connectivity index (χ1) is 10.7. The molecule has 0 aliphatic carbocycles. The van der Waals surface area contributed by atoms with Crippen molar-refractivity contribution in [1.29, 1.82) is 0 Å². The molecule has 0 amide bonds. The lowest BCUT2D eigenvalue weighted by atomic mass is 10.3. The third-order valence-electron chi connectivity index (χ3n) is 2.29. The lowest BCUT2D eigenvalue weighted by molar-refractivity contribution is 0.122. The molecule has 0 spiro atoms. The second kappa shape index (κ2) is 9.14. The summed E-state index contributed by atoms with van der Waals surface area (Å²) >= 11 is 0. The molecule has 1 unspecified atom stereocenters. The maximum Gasteiger partial charge on any atom is 0.261 e. The second-order valence-electron chi connectivity index (χ2n) is 4.78. The fourth-order valence-corrected chi connectivity index (χ4v) is 1.45. The molecule has 126 valence electrons. The summed E-state index contributed by atoms with van der Waals surface area (Å²) < 4.78 is 36.9. The Bertz CT molecular complexity index is 657. The van der Waals surface area contributed by atoms with E-state index in [4.69, 9.17) is 19.1 Å². The molecule has 2 rings (SSSR count). The zero-order chi connectivity index (χ0) is 17.3. The Hall–Kier alpha value is -2.09. The molecule has 0 heterocycles. The molecular formula is C16H20O6S. The Morgan fingerprint density at radius 3 is 1.87 bits per heavy atom. The second-order valence-corrected chi connectivity index (χ2v) is 6.25. The van der Waals surface area contributed by atoms with Crippen LogP contribution < -0.4 is 9.47 Å². The molecule has 2 aromatic rings. The smallest absolute Gasteiger partial charge is 0.261 e. The monoisotopic (exact) mass is 340 g/mol. The van der Waals surface area contributed by atoms with Crippen molar-refractivity contribution in [1.82, 2.24) is 0 Å². The summed E-state index contributed by atoms with van der Waals surface area (Å²) in [6.07, 6.45) is 0.248. The molecule has 0 fully saturated rings. The Morgan fingerprint density at radius 2 is 1.39 bits per heavy atom. The zero-order valence-corrected chi connectivity index (χ0v) is 13.7. The van der Waals surface area contributed by atoms with Crippen LogP contribution in [0.3, 0.4) is 0 Å². The van der Waals surface area contributed by atoms with Crippen LogP contribution in [0.1, 0.15) is 6.92 Å². The molecule has 0 aliphatic heterocycles. The van der Waals surface area contributed by atoms with Gasteiger partial charge in [0.05, 0.1) is 12.4 Å². The minimum absolute atomic E-state index is 0.291. The van der Waals surface area contributed by atoms with Crippen molar-refractivity contribution in [3.63, 3.8) is 0 Å². The number of hydrogen-bond donors (Lipinski definition) is 2. The first kappa shape index (κ1) is 19.0. The Labute approximate surface area is 136 Å². The molecule has 2 N–H and O–H groups in total. The molecular weight excluding hydrogens is 320 g/mol. The van der Waals surface area contributed by atoms with Gasteiger partial charge in [-0.15, -0.1) is 0 Å². The lowest BCUT2D eigenvalue weighted by Gasteiger charge is -2.09. The van der Waals surface area contributed by atoms with E-state index in [1.165, 1.54) is 0 Å². The fourth-order valence-electron chi connectivity index (χ4n) is 1.45. The van der Waals surface area contributed by atoms with Crippen LogP contribution in [0.15, 0.2) is 54.6 Å². The summed E-state index contributed by atoms with van der Waals surface area (Å²) in [4.78, 5) is 0. The highest BCUT2D eigenvalue weighted by atomic mass is 32.2. The number of aliphatic hydroxyl groups is 1. The highest BCUT2D eigenvalue weighted by Gasteiger charge is 2.00. The molecule has 0 aromatic heterocycles. The summed E-state index contributed by atoms with van der Waals surface area (Å²) in [6, 6.07) is 16.9. The van der Waals surface area contributed by atoms with Gasteiger partial charge in [-0.3, -0.25) is 4.55 Å². The highest BCUT2D eigenvalue weighted by molar-refractivity contribution is 7.85. The molecule has 6 nitrogen and oxygen atoms in total. The van der Waals surface area contributed by atoms with Gasteiger partial charge in [0.25, 0.3) is 10.1 Å². The van der Waals surface area contributed by atoms with E-state index in [0.29, 0.717) is 12.9 Å². The molecule has 0 aliphatic rings. The first-order valence-electron chi connectivity index (χ1n) is 6.80. The van der Waals surface area contributed by atoms with Crippen LogP contribution in [0.2, 0.25) is 0 Å². The quantitative estimate of drug-likeness (QED) is 0.813. The van der Waals surface area contributed by atoms with E-state index in [0.717, 1.165) is 17.2 Å². The molecule has 0 saturated heterocycles. The standard InChI is InChI=1S/C15H16O3.CH4O3S/c1-12(16)11-17-13-7-9-15(10-8-13)18-14-5-3-2-4-6-14;1-5(2,3)4/h2-10,12,16H,11H2,1H3;1H3,(H,2,3,4). The number of aliphatic hydroxyl groups excluding tert-OH is 1. The van der Waals surface area contributed by atoms with Gasteiger partial charge < -0.3 is 14.6 Å². The molecule has 0 saturated carbocycles. The van der Waals surface area contributed by atoms with Gasteiger partial charge in [-0.1, -0.05) is 18.2 Å². The van der Waals surface area contributed by atoms with E-state index in [1.54, 1.807) is 6.92 Å². The maximum atomic E-state index is 9.19. The van der Waals surface area contributed by atoms with Gasteiger partial charge in [-0.2, -0.15) is 8.42 Å². The first-order valence-corrected chi connectivity index (χ1v) is 8.65. The number of hydrogen-bond acceptors (Lipinski definition) is 5. The zero-order valence-electron chi connectivity index (χ0n) is 12.9. The number of rotatable bonds is 5. The number of ether oxygens (including phenoxy) is 2.